The average Bonchev–Trinajstić information content (AvgIpc) is 2.22. The Bertz CT molecular complexity index is 194. The van der Waals surface area contributed by atoms with Crippen molar-refractivity contribution in [3.8, 4) is 0 Å². The molecule has 2 aliphatic heterocycles. The van der Waals surface area contributed by atoms with E-state index >= 15 is 0 Å². The maximum Gasteiger partial charge on any atom is 0.0843 e. The van der Waals surface area contributed by atoms with Crippen molar-refractivity contribution in [2.45, 2.75) is 6.10 Å². The van der Waals surface area contributed by atoms with Crippen LogP contribution < -0.4 is 5.84 Å². The van der Waals surface area contributed by atoms with Gasteiger partial charge >= 0.3 is 0 Å². The maximum atomic E-state index is 5.78. The standard InChI is InChI=1S/C10H22N4O/c1-12-2-4-13(5-3-12)8-10-9-14(11)6-7-15-10/h10H,2-9,11H2,1H3. The van der Waals surface area contributed by atoms with Crippen molar-refractivity contribution in [3.05, 3.63) is 0 Å². The zero-order valence-electron chi connectivity index (χ0n) is 9.56. The van der Waals surface area contributed by atoms with Gasteiger partial charge in [0, 0.05) is 45.8 Å². The molecule has 0 aromatic rings. The van der Waals surface area contributed by atoms with Crippen molar-refractivity contribution in [3.63, 3.8) is 0 Å². The van der Waals surface area contributed by atoms with Gasteiger partial charge in [-0.3, -0.25) is 10.7 Å². The van der Waals surface area contributed by atoms with Crippen molar-refractivity contribution >= 4 is 0 Å². The number of morpholine rings is 1. The molecule has 0 aliphatic carbocycles. The van der Waals surface area contributed by atoms with Gasteiger partial charge in [0.1, 0.15) is 0 Å². The van der Waals surface area contributed by atoms with Crippen LogP contribution in [0.4, 0.5) is 0 Å². The van der Waals surface area contributed by atoms with Gasteiger partial charge in [-0.05, 0) is 7.05 Å². The van der Waals surface area contributed by atoms with Crippen molar-refractivity contribution in [1.82, 2.24) is 14.8 Å². The van der Waals surface area contributed by atoms with Crippen LogP contribution in [-0.2, 0) is 4.74 Å². The molecule has 5 heteroatoms. The Morgan fingerprint density at radius 3 is 2.60 bits per heavy atom. The zero-order chi connectivity index (χ0) is 10.7. The second-order valence-corrected chi connectivity index (χ2v) is 4.59. The van der Waals surface area contributed by atoms with Crippen LogP contribution in [0.1, 0.15) is 0 Å². The molecule has 0 spiro atoms. The first-order chi connectivity index (χ1) is 7.24. The molecular formula is C10H22N4O. The molecule has 5 nitrogen and oxygen atoms in total. The first-order valence-corrected chi connectivity index (χ1v) is 5.76. The van der Waals surface area contributed by atoms with Gasteiger partial charge in [0.2, 0.25) is 0 Å². The summed E-state index contributed by atoms with van der Waals surface area (Å²) < 4.78 is 5.70. The van der Waals surface area contributed by atoms with E-state index in [2.05, 4.69) is 16.8 Å². The van der Waals surface area contributed by atoms with Crippen LogP contribution >= 0.6 is 0 Å². The molecule has 2 saturated heterocycles. The smallest absolute Gasteiger partial charge is 0.0843 e. The number of hydrogen-bond acceptors (Lipinski definition) is 5. The van der Waals surface area contributed by atoms with Gasteiger partial charge in [0.15, 0.2) is 0 Å². The quantitative estimate of drug-likeness (QED) is 0.586. The molecule has 1 atom stereocenters. The van der Waals surface area contributed by atoms with E-state index in [-0.39, 0.29) is 0 Å². The molecule has 2 fully saturated rings. The number of likely N-dealkylation sites (N-methyl/N-ethyl adjacent to an activating group) is 1. The summed E-state index contributed by atoms with van der Waals surface area (Å²) in [6.45, 7) is 8.17. The molecule has 1 unspecified atom stereocenters. The van der Waals surface area contributed by atoms with Crippen LogP contribution in [0.15, 0.2) is 0 Å². The lowest BCUT2D eigenvalue weighted by atomic mass is 10.2. The van der Waals surface area contributed by atoms with Gasteiger partial charge in [-0.2, -0.15) is 0 Å². The highest BCUT2D eigenvalue weighted by atomic mass is 16.5. The predicted molar refractivity (Wildman–Crippen MR) is 59.4 cm³/mol. The van der Waals surface area contributed by atoms with Crippen LogP contribution in [0.2, 0.25) is 0 Å². The third kappa shape index (κ3) is 3.39. The highest BCUT2D eigenvalue weighted by Crippen LogP contribution is 2.06. The molecule has 0 bridgehead atoms. The molecular weight excluding hydrogens is 192 g/mol. The van der Waals surface area contributed by atoms with E-state index in [1.165, 1.54) is 13.1 Å². The number of rotatable bonds is 2. The van der Waals surface area contributed by atoms with Gasteiger partial charge in [0.25, 0.3) is 0 Å². The Hall–Kier alpha value is -0.200. The van der Waals surface area contributed by atoms with E-state index < -0.39 is 0 Å². The predicted octanol–water partition coefficient (Wildman–Crippen LogP) is -1.19. The minimum Gasteiger partial charge on any atom is -0.374 e. The molecule has 2 aliphatic rings. The second kappa shape index (κ2) is 5.23. The number of hydrazine groups is 1. The molecule has 15 heavy (non-hydrogen) atoms. The molecule has 2 heterocycles. The summed E-state index contributed by atoms with van der Waals surface area (Å²) in [6, 6.07) is 0. The molecule has 0 aromatic carbocycles. The van der Waals surface area contributed by atoms with E-state index in [4.69, 9.17) is 10.6 Å². The van der Waals surface area contributed by atoms with E-state index in [9.17, 15) is 0 Å². The fraction of sp³-hybridized carbons (Fsp3) is 1.00. The van der Waals surface area contributed by atoms with Gasteiger partial charge in [-0.15, -0.1) is 0 Å². The lowest BCUT2D eigenvalue weighted by Crippen LogP contribution is -2.53. The molecule has 0 amide bonds. The minimum atomic E-state index is 0.298. The number of ether oxygens (including phenoxy) is 1. The molecule has 0 aromatic heterocycles. The van der Waals surface area contributed by atoms with Gasteiger partial charge in [0.05, 0.1) is 12.7 Å². The highest BCUT2D eigenvalue weighted by Gasteiger charge is 2.22. The number of piperazine rings is 1. The molecule has 2 N–H and O–H groups in total. The van der Waals surface area contributed by atoms with Crippen molar-refractivity contribution in [1.29, 1.82) is 0 Å². The summed E-state index contributed by atoms with van der Waals surface area (Å²) in [5.41, 5.74) is 0. The Balaban J connectivity index is 1.71. The Morgan fingerprint density at radius 1 is 1.20 bits per heavy atom. The zero-order valence-corrected chi connectivity index (χ0v) is 9.56. The molecule has 2 rings (SSSR count). The van der Waals surface area contributed by atoms with Gasteiger partial charge in [-0.1, -0.05) is 0 Å². The summed E-state index contributed by atoms with van der Waals surface area (Å²) in [6.07, 6.45) is 0.298. The van der Waals surface area contributed by atoms with Crippen LogP contribution in [0.3, 0.4) is 0 Å². The monoisotopic (exact) mass is 214 g/mol. The van der Waals surface area contributed by atoms with E-state index in [1.807, 2.05) is 5.01 Å². The van der Waals surface area contributed by atoms with E-state index in [1.54, 1.807) is 0 Å². The lowest BCUT2D eigenvalue weighted by Gasteiger charge is -2.37. The minimum absolute atomic E-state index is 0.298. The fourth-order valence-corrected chi connectivity index (χ4v) is 2.17. The molecule has 0 saturated carbocycles. The number of hydrogen-bond donors (Lipinski definition) is 1. The first-order valence-electron chi connectivity index (χ1n) is 5.76. The summed E-state index contributed by atoms with van der Waals surface area (Å²) in [5.74, 6) is 5.78. The largest absolute Gasteiger partial charge is 0.374 e. The molecule has 88 valence electrons. The third-order valence-corrected chi connectivity index (χ3v) is 3.23. The van der Waals surface area contributed by atoms with Gasteiger partial charge in [-0.25, -0.2) is 5.01 Å². The molecule has 0 radical (unpaired) electrons. The van der Waals surface area contributed by atoms with E-state index in [0.29, 0.717) is 6.10 Å². The van der Waals surface area contributed by atoms with Crippen molar-refractivity contribution < 1.29 is 4.74 Å². The summed E-state index contributed by atoms with van der Waals surface area (Å²) >= 11 is 0. The normalized spacial score (nSPS) is 32.0. The Labute approximate surface area is 91.7 Å². The van der Waals surface area contributed by atoms with Crippen LogP contribution in [0.5, 0.6) is 0 Å². The Kier molecular flexibility index (Phi) is 3.93. The number of nitrogens with zero attached hydrogens (tertiary/aromatic N) is 3. The SMILES string of the molecule is CN1CCN(CC2CN(N)CCO2)CC1. The lowest BCUT2D eigenvalue weighted by molar-refractivity contribution is -0.0478. The maximum absolute atomic E-state index is 5.78. The highest BCUT2D eigenvalue weighted by molar-refractivity contribution is 4.76. The fourth-order valence-electron chi connectivity index (χ4n) is 2.17. The Morgan fingerprint density at radius 2 is 1.93 bits per heavy atom. The second-order valence-electron chi connectivity index (χ2n) is 4.59. The average molecular weight is 214 g/mol. The van der Waals surface area contributed by atoms with Crippen LogP contribution in [-0.4, -0.2) is 80.4 Å². The summed E-state index contributed by atoms with van der Waals surface area (Å²) in [7, 11) is 2.18. The topological polar surface area (TPSA) is 45.0 Å². The number of nitrogens with two attached hydrogens (primary N) is 1. The van der Waals surface area contributed by atoms with Crippen LogP contribution in [0.25, 0.3) is 0 Å². The first kappa shape index (κ1) is 11.3. The van der Waals surface area contributed by atoms with Gasteiger partial charge < -0.3 is 9.64 Å². The van der Waals surface area contributed by atoms with E-state index in [0.717, 1.165) is 39.3 Å². The van der Waals surface area contributed by atoms with Crippen LogP contribution in [0, 0.1) is 0 Å². The van der Waals surface area contributed by atoms with Crippen molar-refractivity contribution in [2.75, 3.05) is 59.5 Å². The summed E-state index contributed by atoms with van der Waals surface area (Å²) in [5, 5.41) is 1.87. The summed E-state index contributed by atoms with van der Waals surface area (Å²) in [4.78, 5) is 4.84. The third-order valence-electron chi connectivity index (χ3n) is 3.23. The van der Waals surface area contributed by atoms with Crippen molar-refractivity contribution in [2.24, 2.45) is 5.84 Å².